The minimum absolute atomic E-state index is 0.0947. The predicted octanol–water partition coefficient (Wildman–Crippen LogP) is 5.70. The van der Waals surface area contributed by atoms with Gasteiger partial charge < -0.3 is 8.85 Å². The van der Waals surface area contributed by atoms with Crippen LogP contribution in [0, 0.1) is 16.7 Å². The van der Waals surface area contributed by atoms with Crippen LogP contribution in [-0.4, -0.2) is 14.7 Å². The van der Waals surface area contributed by atoms with E-state index in [-0.39, 0.29) is 6.10 Å². The first-order chi connectivity index (χ1) is 10.7. The van der Waals surface area contributed by atoms with Crippen LogP contribution in [0.15, 0.2) is 30.3 Å². The molecule has 1 unspecified atom stereocenters. The van der Waals surface area contributed by atoms with Crippen molar-refractivity contribution in [1.29, 1.82) is 0 Å². The Hall–Kier alpha value is -0.643. The highest BCUT2D eigenvalue weighted by atomic mass is 28.4. The topological polar surface area (TPSA) is 18.5 Å². The standard InChI is InChI=1S/C20H32O2Si/c1-15(16-10-8-7-9-11-16)21-23(5,6)22-18-14-17-12-13-20(18,4)19(17,2)3/h7-11,15,17-18H,12-14H2,1-6H3/t15?,17-,18+,20+/m0/s1. The molecule has 2 aliphatic rings. The van der Waals surface area contributed by atoms with E-state index < -0.39 is 8.56 Å². The highest BCUT2D eigenvalue weighted by Crippen LogP contribution is 2.66. The van der Waals surface area contributed by atoms with Crippen LogP contribution in [0.4, 0.5) is 0 Å². The van der Waals surface area contributed by atoms with Crippen LogP contribution in [-0.2, 0) is 8.85 Å². The van der Waals surface area contributed by atoms with E-state index in [4.69, 9.17) is 8.85 Å². The predicted molar refractivity (Wildman–Crippen MR) is 97.5 cm³/mol. The largest absolute Gasteiger partial charge is 0.391 e. The molecule has 3 heteroatoms. The Bertz CT molecular complexity index is 554. The third kappa shape index (κ3) is 2.92. The molecule has 3 rings (SSSR count). The maximum Gasteiger partial charge on any atom is 0.332 e. The van der Waals surface area contributed by atoms with Crippen LogP contribution in [0.5, 0.6) is 0 Å². The fraction of sp³-hybridized carbons (Fsp3) is 0.700. The third-order valence-corrected chi connectivity index (χ3v) is 8.64. The van der Waals surface area contributed by atoms with Gasteiger partial charge in [-0.3, -0.25) is 0 Å². The van der Waals surface area contributed by atoms with E-state index in [1.165, 1.54) is 24.8 Å². The van der Waals surface area contributed by atoms with Gasteiger partial charge in [0.15, 0.2) is 0 Å². The fourth-order valence-electron chi connectivity index (χ4n) is 4.90. The molecule has 1 aromatic carbocycles. The molecule has 2 fully saturated rings. The Morgan fingerprint density at radius 3 is 2.30 bits per heavy atom. The maximum absolute atomic E-state index is 6.68. The van der Waals surface area contributed by atoms with Gasteiger partial charge in [0, 0.05) is 0 Å². The van der Waals surface area contributed by atoms with Crippen LogP contribution >= 0.6 is 0 Å². The van der Waals surface area contributed by atoms with E-state index in [2.05, 4.69) is 65.1 Å². The van der Waals surface area contributed by atoms with Crippen LogP contribution in [0.2, 0.25) is 13.1 Å². The molecule has 2 aliphatic carbocycles. The molecule has 0 saturated heterocycles. The van der Waals surface area contributed by atoms with Crippen LogP contribution in [0.1, 0.15) is 58.6 Å². The normalized spacial score (nSPS) is 33.8. The second-order valence-corrected chi connectivity index (χ2v) is 12.1. The quantitative estimate of drug-likeness (QED) is 0.644. The SMILES string of the molecule is CC(O[Si](C)(C)O[C@@H]1C[C@@H]2CC[C@@]1(C)C2(C)C)c1ccccc1. The molecule has 0 heterocycles. The Morgan fingerprint density at radius 2 is 1.78 bits per heavy atom. The first-order valence-corrected chi connectivity index (χ1v) is 11.9. The van der Waals surface area contributed by atoms with Crippen molar-refractivity contribution in [1.82, 2.24) is 0 Å². The Labute approximate surface area is 142 Å². The minimum Gasteiger partial charge on any atom is -0.391 e. The molecule has 2 saturated carbocycles. The van der Waals surface area contributed by atoms with Gasteiger partial charge in [-0.15, -0.1) is 0 Å². The second kappa shape index (κ2) is 5.71. The summed E-state index contributed by atoms with van der Waals surface area (Å²) < 4.78 is 13.1. The summed E-state index contributed by atoms with van der Waals surface area (Å²) in [6, 6.07) is 10.5. The molecule has 1 aromatic rings. The maximum atomic E-state index is 6.68. The summed E-state index contributed by atoms with van der Waals surface area (Å²) in [5.41, 5.74) is 1.94. The number of benzene rings is 1. The van der Waals surface area contributed by atoms with Crippen molar-refractivity contribution in [3.05, 3.63) is 35.9 Å². The van der Waals surface area contributed by atoms with E-state index >= 15 is 0 Å². The van der Waals surface area contributed by atoms with Gasteiger partial charge >= 0.3 is 8.56 Å². The zero-order chi connectivity index (χ0) is 16.9. The molecule has 0 aliphatic heterocycles. The molecule has 128 valence electrons. The van der Waals surface area contributed by atoms with Crippen LogP contribution in [0.3, 0.4) is 0 Å². The fourth-order valence-corrected chi connectivity index (χ4v) is 6.98. The number of hydrogen-bond acceptors (Lipinski definition) is 2. The van der Waals surface area contributed by atoms with Crippen molar-refractivity contribution >= 4 is 8.56 Å². The van der Waals surface area contributed by atoms with Crippen LogP contribution in [0.25, 0.3) is 0 Å². The molecule has 0 amide bonds. The zero-order valence-corrected chi connectivity index (χ0v) is 16.6. The number of hydrogen-bond donors (Lipinski definition) is 0. The molecule has 0 spiro atoms. The van der Waals surface area contributed by atoms with Crippen molar-refractivity contribution in [2.75, 3.05) is 0 Å². The number of rotatable bonds is 5. The lowest BCUT2D eigenvalue weighted by Gasteiger charge is -2.42. The van der Waals surface area contributed by atoms with E-state index in [1.807, 2.05) is 6.07 Å². The van der Waals surface area contributed by atoms with Crippen molar-refractivity contribution < 1.29 is 8.85 Å². The van der Waals surface area contributed by atoms with Gasteiger partial charge in [0.05, 0.1) is 12.2 Å². The summed E-state index contributed by atoms with van der Waals surface area (Å²) in [6.45, 7) is 13.9. The van der Waals surface area contributed by atoms with Crippen LogP contribution < -0.4 is 0 Å². The van der Waals surface area contributed by atoms with E-state index in [0.29, 0.717) is 16.9 Å². The third-order valence-electron chi connectivity index (χ3n) is 6.87. The summed E-state index contributed by atoms with van der Waals surface area (Å²) >= 11 is 0. The smallest absolute Gasteiger partial charge is 0.332 e. The van der Waals surface area contributed by atoms with Gasteiger partial charge in [0.2, 0.25) is 0 Å². The molecular formula is C20H32O2Si. The Morgan fingerprint density at radius 1 is 1.13 bits per heavy atom. The van der Waals surface area contributed by atoms with Gasteiger partial charge in [-0.1, -0.05) is 51.1 Å². The average molecular weight is 333 g/mol. The van der Waals surface area contributed by atoms with Crippen molar-refractivity contribution in [3.63, 3.8) is 0 Å². The second-order valence-electron chi connectivity index (χ2n) is 8.79. The molecule has 0 N–H and O–H groups in total. The summed E-state index contributed by atoms with van der Waals surface area (Å²) in [5, 5.41) is 0. The average Bonchev–Trinajstić information content (AvgIpc) is 2.80. The Kier molecular flexibility index (Phi) is 4.27. The molecule has 0 radical (unpaired) electrons. The highest BCUT2D eigenvalue weighted by molar-refractivity contribution is 6.64. The zero-order valence-electron chi connectivity index (χ0n) is 15.6. The lowest BCUT2D eigenvalue weighted by Crippen LogP contribution is -2.46. The lowest BCUT2D eigenvalue weighted by molar-refractivity contribution is -0.00286. The summed E-state index contributed by atoms with van der Waals surface area (Å²) in [5.74, 6) is 0.814. The van der Waals surface area contributed by atoms with Gasteiger partial charge in [-0.25, -0.2) is 0 Å². The molecule has 2 nitrogen and oxygen atoms in total. The molecule has 23 heavy (non-hydrogen) atoms. The van der Waals surface area contributed by atoms with E-state index in [0.717, 1.165) is 5.92 Å². The molecule has 2 bridgehead atoms. The van der Waals surface area contributed by atoms with Gasteiger partial charge in [0.25, 0.3) is 0 Å². The highest BCUT2D eigenvalue weighted by Gasteiger charge is 2.62. The lowest BCUT2D eigenvalue weighted by atomic mass is 9.70. The van der Waals surface area contributed by atoms with Gasteiger partial charge in [-0.2, -0.15) is 0 Å². The molecule has 4 atom stereocenters. The van der Waals surface area contributed by atoms with E-state index in [1.54, 1.807) is 0 Å². The molecular weight excluding hydrogens is 300 g/mol. The summed E-state index contributed by atoms with van der Waals surface area (Å²) in [4.78, 5) is 0. The minimum atomic E-state index is -2.16. The summed E-state index contributed by atoms with van der Waals surface area (Å²) in [6.07, 6.45) is 4.34. The first kappa shape index (κ1) is 17.2. The van der Waals surface area contributed by atoms with Gasteiger partial charge in [-0.05, 0) is 61.6 Å². The van der Waals surface area contributed by atoms with Crippen molar-refractivity contribution in [2.45, 2.75) is 72.3 Å². The monoisotopic (exact) mass is 332 g/mol. The summed E-state index contributed by atoms with van der Waals surface area (Å²) in [7, 11) is -2.16. The number of fused-ring (bicyclic) bond motifs is 2. The van der Waals surface area contributed by atoms with E-state index in [9.17, 15) is 0 Å². The molecule has 0 aromatic heterocycles. The van der Waals surface area contributed by atoms with Gasteiger partial charge in [0.1, 0.15) is 0 Å². The van der Waals surface area contributed by atoms with Crippen molar-refractivity contribution in [3.8, 4) is 0 Å². The Balaban J connectivity index is 1.68. The first-order valence-electron chi connectivity index (χ1n) is 9.06. The van der Waals surface area contributed by atoms with Crippen molar-refractivity contribution in [2.24, 2.45) is 16.7 Å².